The predicted octanol–water partition coefficient (Wildman–Crippen LogP) is 2.57. The molecule has 0 unspecified atom stereocenters. The number of amides is 1. The molecule has 0 saturated carbocycles. The van der Waals surface area contributed by atoms with Gasteiger partial charge in [0.15, 0.2) is 5.78 Å². The zero-order chi connectivity index (χ0) is 16.5. The Morgan fingerprint density at radius 1 is 1.18 bits per heavy atom. The minimum Gasteiger partial charge on any atom is -0.346 e. The summed E-state index contributed by atoms with van der Waals surface area (Å²) in [5.41, 5.74) is 1.29. The van der Waals surface area contributed by atoms with Crippen LogP contribution in [0.1, 0.15) is 54.4 Å². The molecule has 22 heavy (non-hydrogen) atoms. The third-order valence-electron chi connectivity index (χ3n) is 3.22. The van der Waals surface area contributed by atoms with E-state index in [4.69, 9.17) is 0 Å². The molecule has 6 nitrogen and oxygen atoms in total. The number of carbonyl (C=O) groups excluding carboxylic acids is 2. The minimum atomic E-state index is -0.304. The summed E-state index contributed by atoms with van der Waals surface area (Å²) in [6.45, 7) is 7.53. The average molecular weight is 300 g/mol. The Morgan fingerprint density at radius 3 is 2.23 bits per heavy atom. The van der Waals surface area contributed by atoms with Crippen LogP contribution in [-0.2, 0) is 12.5 Å². The minimum absolute atomic E-state index is 0.0764. The summed E-state index contributed by atoms with van der Waals surface area (Å²) in [4.78, 5) is 32.1. The first-order chi connectivity index (χ1) is 10.2. The normalized spacial score (nSPS) is 11.3. The monoisotopic (exact) mass is 300 g/mol. The molecule has 0 aliphatic rings. The summed E-state index contributed by atoms with van der Waals surface area (Å²) in [5.74, 6) is 0.331. The Labute approximate surface area is 129 Å². The predicted molar refractivity (Wildman–Crippen MR) is 84.1 cm³/mol. The van der Waals surface area contributed by atoms with Crippen molar-refractivity contribution in [1.29, 1.82) is 0 Å². The highest BCUT2D eigenvalue weighted by Gasteiger charge is 2.18. The zero-order valence-corrected chi connectivity index (χ0v) is 13.5. The van der Waals surface area contributed by atoms with E-state index < -0.39 is 0 Å². The maximum atomic E-state index is 12.3. The van der Waals surface area contributed by atoms with Crippen molar-refractivity contribution < 1.29 is 9.59 Å². The van der Waals surface area contributed by atoms with Crippen molar-refractivity contribution in [2.45, 2.75) is 33.1 Å². The van der Waals surface area contributed by atoms with Crippen molar-refractivity contribution in [2.24, 2.45) is 7.05 Å². The van der Waals surface area contributed by atoms with Crippen LogP contribution in [0.15, 0.2) is 24.7 Å². The van der Waals surface area contributed by atoms with Crippen LogP contribution < -0.4 is 5.32 Å². The lowest BCUT2D eigenvalue weighted by Gasteiger charge is -2.16. The van der Waals surface area contributed by atoms with Gasteiger partial charge in [0, 0.05) is 24.2 Å². The molecule has 0 bridgehead atoms. The van der Waals surface area contributed by atoms with Crippen molar-refractivity contribution in [3.63, 3.8) is 0 Å². The van der Waals surface area contributed by atoms with Gasteiger partial charge in [-0.15, -0.1) is 0 Å². The van der Waals surface area contributed by atoms with Crippen molar-refractivity contribution in [3.8, 4) is 0 Å². The summed E-state index contributed by atoms with van der Waals surface area (Å²) < 4.78 is 1.62. The third-order valence-corrected chi connectivity index (χ3v) is 3.22. The van der Waals surface area contributed by atoms with Crippen molar-refractivity contribution in [2.75, 3.05) is 5.32 Å². The summed E-state index contributed by atoms with van der Waals surface area (Å²) in [6, 6.07) is 1.57. The Balaban J connectivity index is 2.17. The lowest BCUT2D eigenvalue weighted by molar-refractivity contribution is 0.101. The van der Waals surface area contributed by atoms with E-state index in [-0.39, 0.29) is 17.1 Å². The van der Waals surface area contributed by atoms with Crippen LogP contribution in [0.2, 0.25) is 0 Å². The van der Waals surface area contributed by atoms with Crippen LogP contribution in [0.25, 0.3) is 0 Å². The van der Waals surface area contributed by atoms with E-state index in [0.717, 1.165) is 0 Å². The molecular weight excluding hydrogens is 280 g/mol. The van der Waals surface area contributed by atoms with E-state index in [2.05, 4.69) is 15.3 Å². The molecule has 2 aromatic heterocycles. The number of Topliss-reactive ketones (excluding diaryl/α,β-unsaturated/α-hetero) is 1. The first-order valence-electron chi connectivity index (χ1n) is 6.99. The van der Waals surface area contributed by atoms with Crippen LogP contribution in [0, 0.1) is 0 Å². The number of hydrogen-bond acceptors (Lipinski definition) is 4. The largest absolute Gasteiger partial charge is 0.346 e. The number of hydrogen-bond donors (Lipinski definition) is 1. The van der Waals surface area contributed by atoms with Gasteiger partial charge in [0.1, 0.15) is 11.5 Å². The van der Waals surface area contributed by atoms with E-state index in [0.29, 0.717) is 22.8 Å². The number of rotatable bonds is 3. The lowest BCUT2D eigenvalue weighted by atomic mass is 9.96. The summed E-state index contributed by atoms with van der Waals surface area (Å²) in [7, 11) is 1.72. The molecule has 1 N–H and O–H groups in total. The smallest absolute Gasteiger partial charge is 0.272 e. The number of anilines is 1. The van der Waals surface area contributed by atoms with Crippen molar-refractivity contribution in [3.05, 3.63) is 41.7 Å². The highest BCUT2D eigenvalue weighted by molar-refractivity contribution is 6.05. The molecule has 2 heterocycles. The van der Waals surface area contributed by atoms with Gasteiger partial charge in [-0.05, 0) is 13.0 Å². The fraction of sp³-hybridized carbons (Fsp3) is 0.375. The summed E-state index contributed by atoms with van der Waals surface area (Å²) in [5, 5.41) is 2.73. The van der Waals surface area contributed by atoms with Gasteiger partial charge >= 0.3 is 0 Å². The number of nitrogens with zero attached hydrogens (tertiary/aromatic N) is 3. The van der Waals surface area contributed by atoms with Gasteiger partial charge in [0.25, 0.3) is 5.91 Å². The number of aryl methyl sites for hydroxylation is 1. The Bertz CT molecular complexity index is 709. The van der Waals surface area contributed by atoms with Gasteiger partial charge in [-0.2, -0.15) is 0 Å². The maximum Gasteiger partial charge on any atom is 0.272 e. The van der Waals surface area contributed by atoms with E-state index in [1.165, 1.54) is 6.92 Å². The first-order valence-corrected chi connectivity index (χ1v) is 6.99. The Hall–Kier alpha value is -2.50. The fourth-order valence-electron chi connectivity index (χ4n) is 1.96. The molecule has 0 spiro atoms. The molecule has 0 aromatic carbocycles. The number of ketones is 1. The maximum absolute atomic E-state index is 12.3. The van der Waals surface area contributed by atoms with Gasteiger partial charge in [-0.1, -0.05) is 20.8 Å². The summed E-state index contributed by atoms with van der Waals surface area (Å²) >= 11 is 0. The third kappa shape index (κ3) is 3.39. The van der Waals surface area contributed by atoms with Crippen LogP contribution in [0.3, 0.4) is 0 Å². The fourth-order valence-corrected chi connectivity index (χ4v) is 1.96. The molecular formula is C16H20N4O2. The van der Waals surface area contributed by atoms with E-state index >= 15 is 0 Å². The molecule has 116 valence electrons. The second-order valence-electron chi connectivity index (χ2n) is 6.28. The van der Waals surface area contributed by atoms with Crippen LogP contribution >= 0.6 is 0 Å². The molecule has 0 aliphatic heterocycles. The van der Waals surface area contributed by atoms with Crippen LogP contribution in [0.4, 0.5) is 5.69 Å². The second kappa shape index (κ2) is 5.71. The molecule has 2 rings (SSSR count). The van der Waals surface area contributed by atoms with E-state index in [1.54, 1.807) is 36.3 Å². The average Bonchev–Trinajstić information content (AvgIpc) is 2.81. The van der Waals surface area contributed by atoms with E-state index in [9.17, 15) is 9.59 Å². The van der Waals surface area contributed by atoms with Gasteiger partial charge < -0.3 is 9.88 Å². The topological polar surface area (TPSA) is 76.9 Å². The van der Waals surface area contributed by atoms with Crippen LogP contribution in [-0.4, -0.2) is 26.2 Å². The molecule has 0 aliphatic carbocycles. The van der Waals surface area contributed by atoms with Gasteiger partial charge in [0.05, 0.1) is 18.1 Å². The molecule has 1 amide bonds. The molecule has 0 atom stereocenters. The SMILES string of the molecule is CC(=O)c1cc(C(=O)Nc2cnc(C(C)(C)C)nc2)n(C)c1. The molecule has 0 saturated heterocycles. The zero-order valence-electron chi connectivity index (χ0n) is 13.5. The highest BCUT2D eigenvalue weighted by Crippen LogP contribution is 2.18. The van der Waals surface area contributed by atoms with Crippen molar-refractivity contribution in [1.82, 2.24) is 14.5 Å². The number of carbonyl (C=O) groups is 2. The van der Waals surface area contributed by atoms with Crippen molar-refractivity contribution >= 4 is 17.4 Å². The lowest BCUT2D eigenvalue weighted by Crippen LogP contribution is -2.18. The van der Waals surface area contributed by atoms with E-state index in [1.807, 2.05) is 20.8 Å². The summed E-state index contributed by atoms with van der Waals surface area (Å²) in [6.07, 6.45) is 4.80. The molecule has 6 heteroatoms. The Kier molecular flexibility index (Phi) is 4.12. The number of aromatic nitrogens is 3. The van der Waals surface area contributed by atoms with Gasteiger partial charge in [-0.3, -0.25) is 9.59 Å². The second-order valence-corrected chi connectivity index (χ2v) is 6.28. The standard InChI is InChI=1S/C16H20N4O2/c1-10(21)11-6-13(20(5)9-11)14(22)19-12-7-17-15(18-8-12)16(2,3)4/h6-9H,1-5H3,(H,19,22). The van der Waals surface area contributed by atoms with Crippen LogP contribution in [0.5, 0.6) is 0 Å². The van der Waals surface area contributed by atoms with Gasteiger partial charge in [-0.25, -0.2) is 9.97 Å². The molecule has 0 radical (unpaired) electrons. The first kappa shape index (κ1) is 15.9. The molecule has 0 fully saturated rings. The molecule has 2 aromatic rings. The Morgan fingerprint density at radius 2 is 1.77 bits per heavy atom. The quantitative estimate of drug-likeness (QED) is 0.884. The number of nitrogens with one attached hydrogen (secondary N) is 1. The highest BCUT2D eigenvalue weighted by atomic mass is 16.2. The van der Waals surface area contributed by atoms with Gasteiger partial charge in [0.2, 0.25) is 0 Å².